The van der Waals surface area contributed by atoms with Gasteiger partial charge in [-0.05, 0) is 56.2 Å². The summed E-state index contributed by atoms with van der Waals surface area (Å²) in [5, 5.41) is 5.39. The number of rotatable bonds is 6. The molecule has 126 valence electrons. The number of benzene rings is 1. The second kappa shape index (κ2) is 7.15. The maximum absolute atomic E-state index is 5.31. The lowest BCUT2D eigenvalue weighted by molar-refractivity contribution is 0.414. The fourth-order valence-corrected chi connectivity index (χ4v) is 3.38. The van der Waals surface area contributed by atoms with E-state index < -0.39 is 0 Å². The van der Waals surface area contributed by atoms with E-state index in [-0.39, 0.29) is 0 Å². The molecule has 2 aromatic heterocycles. The van der Waals surface area contributed by atoms with Crippen LogP contribution in [0, 0.1) is 6.92 Å². The zero-order chi connectivity index (χ0) is 17.1. The average molecular weight is 342 g/mol. The third-order valence-electron chi connectivity index (χ3n) is 3.83. The molecule has 24 heavy (non-hydrogen) atoms. The van der Waals surface area contributed by atoms with Crippen molar-refractivity contribution in [3.05, 3.63) is 35.2 Å². The van der Waals surface area contributed by atoms with E-state index in [1.807, 2.05) is 18.2 Å². The van der Waals surface area contributed by atoms with Crippen molar-refractivity contribution in [2.45, 2.75) is 6.92 Å². The van der Waals surface area contributed by atoms with Gasteiger partial charge in [0.1, 0.15) is 5.75 Å². The Morgan fingerprint density at radius 3 is 2.75 bits per heavy atom. The van der Waals surface area contributed by atoms with E-state index in [9.17, 15) is 0 Å². The first-order valence-electron chi connectivity index (χ1n) is 7.87. The molecule has 0 fully saturated rings. The van der Waals surface area contributed by atoms with Crippen LogP contribution in [-0.4, -0.2) is 49.2 Å². The van der Waals surface area contributed by atoms with E-state index in [0.29, 0.717) is 5.95 Å². The number of aromatic nitrogens is 2. The molecule has 1 aromatic carbocycles. The number of nitrogens with one attached hydrogen (secondary N) is 1. The zero-order valence-corrected chi connectivity index (χ0v) is 15.3. The van der Waals surface area contributed by atoms with Gasteiger partial charge in [-0.2, -0.15) is 0 Å². The molecule has 3 rings (SSSR count). The molecule has 5 nitrogen and oxygen atoms in total. The number of thiophene rings is 1. The van der Waals surface area contributed by atoms with Gasteiger partial charge in [-0.15, -0.1) is 11.3 Å². The molecule has 0 aliphatic rings. The molecule has 3 aromatic rings. The third-order valence-corrected chi connectivity index (χ3v) is 4.74. The summed E-state index contributed by atoms with van der Waals surface area (Å²) in [5.74, 6) is 1.53. The topological polar surface area (TPSA) is 50.3 Å². The first-order chi connectivity index (χ1) is 11.6. The van der Waals surface area contributed by atoms with E-state index in [1.165, 1.54) is 0 Å². The molecule has 1 N–H and O–H groups in total. The highest BCUT2D eigenvalue weighted by Crippen LogP contribution is 2.34. The van der Waals surface area contributed by atoms with Crippen molar-refractivity contribution in [1.29, 1.82) is 0 Å². The van der Waals surface area contributed by atoms with Gasteiger partial charge in [0, 0.05) is 18.7 Å². The largest absolute Gasteiger partial charge is 0.497 e. The van der Waals surface area contributed by atoms with Crippen molar-refractivity contribution in [3.8, 4) is 17.0 Å². The summed E-state index contributed by atoms with van der Waals surface area (Å²) in [6.07, 6.45) is 0. The fraction of sp³-hybridized carbons (Fsp3) is 0.333. The molecule has 2 heterocycles. The Morgan fingerprint density at radius 2 is 2.04 bits per heavy atom. The van der Waals surface area contributed by atoms with Crippen molar-refractivity contribution >= 4 is 27.5 Å². The summed E-state index contributed by atoms with van der Waals surface area (Å²) in [7, 11) is 5.79. The second-order valence-electron chi connectivity index (χ2n) is 5.94. The molecule has 0 atom stereocenters. The number of likely N-dealkylation sites (N-methyl/N-ethyl adjacent to an activating group) is 1. The molecule has 0 aliphatic heterocycles. The third kappa shape index (κ3) is 3.49. The minimum atomic E-state index is 0.674. The van der Waals surface area contributed by atoms with Gasteiger partial charge in [0.25, 0.3) is 0 Å². The molecule has 6 heteroatoms. The standard InChI is InChI=1S/C18H22N4OS/c1-12-11-13(23-4)5-6-14(12)16-17-15(7-10-24-17)20-18(21-16)19-8-9-22(2)3/h5-7,10-11H,8-9H2,1-4H3,(H,19,20,21). The highest BCUT2D eigenvalue weighted by molar-refractivity contribution is 7.17. The van der Waals surface area contributed by atoms with Crippen molar-refractivity contribution in [2.24, 2.45) is 0 Å². The van der Waals surface area contributed by atoms with E-state index >= 15 is 0 Å². The number of aryl methyl sites for hydroxylation is 1. The van der Waals surface area contributed by atoms with Crippen molar-refractivity contribution < 1.29 is 4.74 Å². The Hall–Kier alpha value is -2.18. The monoisotopic (exact) mass is 342 g/mol. The number of ether oxygens (including phenoxy) is 1. The van der Waals surface area contributed by atoms with Crippen molar-refractivity contribution in [3.63, 3.8) is 0 Å². The van der Waals surface area contributed by atoms with E-state index in [0.717, 1.165) is 45.9 Å². The van der Waals surface area contributed by atoms with Crippen LogP contribution in [-0.2, 0) is 0 Å². The summed E-state index contributed by atoms with van der Waals surface area (Å²) < 4.78 is 6.42. The maximum atomic E-state index is 5.31. The van der Waals surface area contributed by atoms with Gasteiger partial charge in [0.15, 0.2) is 0 Å². The van der Waals surface area contributed by atoms with E-state index in [1.54, 1.807) is 18.4 Å². The number of hydrogen-bond acceptors (Lipinski definition) is 6. The van der Waals surface area contributed by atoms with Crippen LogP contribution >= 0.6 is 11.3 Å². The quantitative estimate of drug-likeness (QED) is 0.741. The Morgan fingerprint density at radius 1 is 1.21 bits per heavy atom. The van der Waals surface area contributed by atoms with Gasteiger partial charge in [-0.25, -0.2) is 9.97 Å². The maximum Gasteiger partial charge on any atom is 0.223 e. The summed E-state index contributed by atoms with van der Waals surface area (Å²) >= 11 is 1.67. The Labute approximate surface area is 146 Å². The molecule has 0 aliphatic carbocycles. The smallest absolute Gasteiger partial charge is 0.223 e. The second-order valence-corrected chi connectivity index (χ2v) is 6.86. The first-order valence-corrected chi connectivity index (χ1v) is 8.75. The summed E-state index contributed by atoms with van der Waals surface area (Å²) in [5.41, 5.74) is 4.21. The van der Waals surface area contributed by atoms with Gasteiger partial charge in [0.2, 0.25) is 5.95 Å². The minimum absolute atomic E-state index is 0.674. The summed E-state index contributed by atoms with van der Waals surface area (Å²) in [6.45, 7) is 3.82. The van der Waals surface area contributed by atoms with Crippen LogP contribution in [0.5, 0.6) is 5.75 Å². The predicted molar refractivity (Wildman–Crippen MR) is 101 cm³/mol. The minimum Gasteiger partial charge on any atom is -0.497 e. The molecule has 0 saturated heterocycles. The zero-order valence-electron chi connectivity index (χ0n) is 14.5. The Balaban J connectivity index is 2.01. The number of methoxy groups -OCH3 is 1. The number of nitrogens with zero attached hydrogens (tertiary/aromatic N) is 3. The summed E-state index contributed by atoms with van der Waals surface area (Å²) in [6, 6.07) is 8.12. The van der Waals surface area contributed by atoms with Crippen LogP contribution in [0.3, 0.4) is 0 Å². The Kier molecular flexibility index (Phi) is 4.97. The molecular weight excluding hydrogens is 320 g/mol. The average Bonchev–Trinajstić information content (AvgIpc) is 3.02. The lowest BCUT2D eigenvalue weighted by Crippen LogP contribution is -2.21. The van der Waals surface area contributed by atoms with Crippen molar-refractivity contribution in [2.75, 3.05) is 39.6 Å². The lowest BCUT2D eigenvalue weighted by atomic mass is 10.0. The van der Waals surface area contributed by atoms with Crippen LogP contribution < -0.4 is 10.1 Å². The molecule has 0 unspecified atom stereocenters. The number of fused-ring (bicyclic) bond motifs is 1. The predicted octanol–water partition coefficient (Wildman–Crippen LogP) is 3.65. The highest BCUT2D eigenvalue weighted by atomic mass is 32.1. The van der Waals surface area contributed by atoms with E-state index in [2.05, 4.69) is 47.7 Å². The SMILES string of the molecule is COc1ccc(-c2nc(NCCN(C)C)nc3ccsc23)c(C)c1. The Bertz CT molecular complexity index is 844. The van der Waals surface area contributed by atoms with Crippen LogP contribution in [0.1, 0.15) is 5.56 Å². The summed E-state index contributed by atoms with van der Waals surface area (Å²) in [4.78, 5) is 11.5. The number of anilines is 1. The molecule has 0 radical (unpaired) electrons. The van der Waals surface area contributed by atoms with E-state index in [4.69, 9.17) is 9.72 Å². The first kappa shape index (κ1) is 16.7. The fourth-order valence-electron chi connectivity index (χ4n) is 2.55. The van der Waals surface area contributed by atoms with Gasteiger partial charge in [-0.1, -0.05) is 0 Å². The van der Waals surface area contributed by atoms with Gasteiger partial charge >= 0.3 is 0 Å². The van der Waals surface area contributed by atoms with Crippen LogP contribution in [0.4, 0.5) is 5.95 Å². The van der Waals surface area contributed by atoms with Crippen LogP contribution in [0.15, 0.2) is 29.6 Å². The molecule has 0 spiro atoms. The molecule has 0 bridgehead atoms. The number of hydrogen-bond donors (Lipinski definition) is 1. The van der Waals surface area contributed by atoms with Gasteiger partial charge < -0.3 is 15.0 Å². The molecule has 0 saturated carbocycles. The molecule has 0 amide bonds. The normalized spacial score (nSPS) is 11.2. The van der Waals surface area contributed by atoms with Gasteiger partial charge in [-0.3, -0.25) is 0 Å². The van der Waals surface area contributed by atoms with Gasteiger partial charge in [0.05, 0.1) is 23.0 Å². The van der Waals surface area contributed by atoms with Crippen molar-refractivity contribution in [1.82, 2.24) is 14.9 Å². The van der Waals surface area contributed by atoms with Crippen LogP contribution in [0.25, 0.3) is 21.5 Å². The lowest BCUT2D eigenvalue weighted by Gasteiger charge is -2.13. The highest BCUT2D eigenvalue weighted by Gasteiger charge is 2.13. The molecular formula is C18H22N4OS. The van der Waals surface area contributed by atoms with Crippen LogP contribution in [0.2, 0.25) is 0 Å².